The molecule has 19 heavy (non-hydrogen) atoms. The van der Waals surface area contributed by atoms with Gasteiger partial charge in [-0.05, 0) is 0 Å². The van der Waals surface area contributed by atoms with Crippen molar-refractivity contribution in [2.45, 2.75) is 27.7 Å². The second kappa shape index (κ2) is 5.50. The molecule has 7 heteroatoms. The van der Waals surface area contributed by atoms with Crippen LogP contribution in [0.1, 0.15) is 27.7 Å². The van der Waals surface area contributed by atoms with Crippen LogP contribution in [0.5, 0.6) is 0 Å². The molecule has 0 spiro atoms. The molecular weight excluding hydrogens is 302 g/mol. The number of hydrogen-bond acceptors (Lipinski definition) is 4. The molecule has 4 nitrogen and oxygen atoms in total. The summed E-state index contributed by atoms with van der Waals surface area (Å²) in [4.78, 5) is 0. The fourth-order valence-corrected chi connectivity index (χ4v) is 11.9. The van der Waals surface area contributed by atoms with Crippen LogP contribution in [0.15, 0.2) is 0 Å². The maximum absolute atomic E-state index is 12.3. The minimum atomic E-state index is -3.95. The summed E-state index contributed by atoms with van der Waals surface area (Å²) in [5.41, 5.74) is 0. The van der Waals surface area contributed by atoms with Crippen molar-refractivity contribution in [2.24, 2.45) is 0 Å². The summed E-state index contributed by atoms with van der Waals surface area (Å²) in [7, 11) is -3.95. The van der Waals surface area contributed by atoms with Crippen LogP contribution in [0.25, 0.3) is 0 Å². The van der Waals surface area contributed by atoms with Gasteiger partial charge in [0.1, 0.15) is 0 Å². The van der Waals surface area contributed by atoms with Gasteiger partial charge in [-0.1, -0.05) is 0 Å². The number of rotatable bonds is 8. The predicted octanol–water partition coefficient (Wildman–Crippen LogP) is 3.80. The van der Waals surface area contributed by atoms with Crippen molar-refractivity contribution in [3.8, 4) is 0 Å². The first-order valence-corrected chi connectivity index (χ1v) is 15.1. The molecule has 0 radical (unpaired) electrons. The fraction of sp³-hybridized carbons (Fsp3) is 1.00. The van der Waals surface area contributed by atoms with Crippen molar-refractivity contribution >= 4 is 24.1 Å². The molecule has 0 aromatic rings. The molecule has 0 fully saturated rings. The van der Waals surface area contributed by atoms with Crippen LogP contribution in [-0.2, 0) is 18.3 Å². The molecule has 0 rings (SSSR count). The molecule has 0 saturated carbocycles. The van der Waals surface area contributed by atoms with Gasteiger partial charge in [0.2, 0.25) is 0 Å². The Kier molecular flexibility index (Phi) is 5.71. The van der Waals surface area contributed by atoms with Crippen molar-refractivity contribution in [1.29, 1.82) is 0 Å². The van der Waals surface area contributed by atoms with Crippen molar-refractivity contribution in [1.82, 2.24) is 0 Å². The van der Waals surface area contributed by atoms with E-state index in [1.165, 1.54) is 0 Å². The summed E-state index contributed by atoms with van der Waals surface area (Å²) >= 11 is 0. The molecule has 0 atom stereocenters. The van der Waals surface area contributed by atoms with Gasteiger partial charge in [0.05, 0.1) is 0 Å². The Morgan fingerprint density at radius 3 is 1.26 bits per heavy atom. The zero-order valence-corrected chi connectivity index (χ0v) is 16.4. The summed E-state index contributed by atoms with van der Waals surface area (Å²) in [6.07, 6.45) is 3.09. The maximum atomic E-state index is 12.3. The third-order valence-electron chi connectivity index (χ3n) is 3.89. The topological polar surface area (TPSA) is 52.6 Å². The van der Waals surface area contributed by atoms with E-state index in [2.05, 4.69) is 0 Å². The van der Waals surface area contributed by atoms with E-state index in [1.807, 2.05) is 54.4 Å². The Hall–Kier alpha value is 0.730. The van der Waals surface area contributed by atoms with E-state index in [1.54, 1.807) is 0 Å². The van der Waals surface area contributed by atoms with Crippen molar-refractivity contribution in [3.63, 3.8) is 0 Å². The molecule has 0 heterocycles. The van der Waals surface area contributed by atoms with Crippen LogP contribution < -0.4 is 0 Å². The molecule has 0 aliphatic rings. The Balaban J connectivity index is 5.52. The monoisotopic (exact) mass is 334 g/mol. The van der Waals surface area contributed by atoms with E-state index in [-0.39, 0.29) is 0 Å². The Labute approximate surface area is 120 Å². The standard InChI is InChI=1S/C12H32O4P2S/c1-9-18(10-2,11-3,12-4)16-19(13,14)15-17(5,6,7)8/h9-12H2,1-8H3. The van der Waals surface area contributed by atoms with Gasteiger partial charge in [-0.2, -0.15) is 0 Å². The van der Waals surface area contributed by atoms with Crippen molar-refractivity contribution < 1.29 is 16.4 Å². The number of hydrogen-bond donors (Lipinski definition) is 0. The molecule has 120 valence electrons. The van der Waals surface area contributed by atoms with Crippen LogP contribution in [-0.4, -0.2) is 59.7 Å². The molecular formula is C12H32O4P2S. The molecule has 0 saturated heterocycles. The minimum absolute atomic E-state index is 0.772. The van der Waals surface area contributed by atoms with Crippen molar-refractivity contribution in [2.75, 3.05) is 51.3 Å². The van der Waals surface area contributed by atoms with Gasteiger partial charge >= 0.3 is 119 Å². The normalized spacial score (nSPS) is 18.3. The van der Waals surface area contributed by atoms with Gasteiger partial charge in [0.25, 0.3) is 0 Å². The van der Waals surface area contributed by atoms with Crippen LogP contribution in [0.4, 0.5) is 0 Å². The van der Waals surface area contributed by atoms with Crippen LogP contribution in [0.2, 0.25) is 0 Å². The van der Waals surface area contributed by atoms with Gasteiger partial charge < -0.3 is 0 Å². The van der Waals surface area contributed by atoms with E-state index in [0.717, 1.165) is 24.6 Å². The zero-order chi connectivity index (χ0) is 15.6. The first-order valence-electron chi connectivity index (χ1n) is 6.91. The fourth-order valence-electron chi connectivity index (χ4n) is 2.19. The van der Waals surface area contributed by atoms with E-state index in [9.17, 15) is 8.42 Å². The van der Waals surface area contributed by atoms with Crippen LogP contribution in [0, 0.1) is 0 Å². The molecule has 0 aliphatic heterocycles. The van der Waals surface area contributed by atoms with Gasteiger partial charge in [-0.15, -0.1) is 0 Å². The summed E-state index contributed by atoms with van der Waals surface area (Å²) < 4.78 is 35.8. The molecule has 0 bridgehead atoms. The van der Waals surface area contributed by atoms with E-state index < -0.39 is 24.1 Å². The van der Waals surface area contributed by atoms with Crippen LogP contribution >= 0.6 is 13.7 Å². The van der Waals surface area contributed by atoms with E-state index in [0.29, 0.717) is 0 Å². The Bertz CT molecular complexity index is 386. The van der Waals surface area contributed by atoms with Gasteiger partial charge in [0, 0.05) is 0 Å². The predicted molar refractivity (Wildman–Crippen MR) is 90.8 cm³/mol. The molecule has 0 amide bonds. The summed E-state index contributed by atoms with van der Waals surface area (Å²) in [6.45, 7) is 10.2. The Morgan fingerprint density at radius 2 is 1.05 bits per heavy atom. The second-order valence-electron chi connectivity index (χ2n) is 7.09. The first-order chi connectivity index (χ1) is 8.22. The van der Waals surface area contributed by atoms with Gasteiger partial charge in [-0.25, -0.2) is 0 Å². The summed E-state index contributed by atoms with van der Waals surface area (Å²) in [5.74, 6) is 0. The van der Waals surface area contributed by atoms with Crippen molar-refractivity contribution in [3.05, 3.63) is 0 Å². The molecule has 0 aliphatic carbocycles. The average molecular weight is 334 g/mol. The second-order valence-corrected chi connectivity index (χ2v) is 22.2. The zero-order valence-electron chi connectivity index (χ0n) is 13.8. The summed E-state index contributed by atoms with van der Waals surface area (Å²) in [5, 5.41) is 0. The van der Waals surface area contributed by atoms with E-state index >= 15 is 0 Å². The molecule has 0 aromatic heterocycles. The first kappa shape index (κ1) is 19.7. The summed E-state index contributed by atoms with van der Waals surface area (Å²) in [6, 6.07) is 0. The van der Waals surface area contributed by atoms with Gasteiger partial charge in [-0.3, -0.25) is 0 Å². The molecule has 0 aromatic carbocycles. The molecule has 0 N–H and O–H groups in total. The van der Waals surface area contributed by atoms with Gasteiger partial charge in [0.15, 0.2) is 0 Å². The average Bonchev–Trinajstić information content (AvgIpc) is 2.22. The quantitative estimate of drug-likeness (QED) is 0.634. The van der Waals surface area contributed by atoms with Crippen LogP contribution in [0.3, 0.4) is 0 Å². The van der Waals surface area contributed by atoms with E-state index in [4.69, 9.17) is 7.94 Å². The SMILES string of the molecule is CCP(CC)(CC)(CC)OS(=O)(=O)OP(C)(C)(C)C. The third-order valence-corrected chi connectivity index (χ3v) is 15.8. The third kappa shape index (κ3) is 5.55. The Morgan fingerprint density at radius 1 is 0.737 bits per heavy atom. The molecule has 0 unspecified atom stereocenters.